The lowest BCUT2D eigenvalue weighted by molar-refractivity contribution is 0.760. The van der Waals surface area contributed by atoms with Gasteiger partial charge in [0.1, 0.15) is 0 Å². The van der Waals surface area contributed by atoms with Gasteiger partial charge in [0.25, 0.3) is 0 Å². The molecule has 0 atom stereocenters. The number of hydrogen-bond acceptors (Lipinski definition) is 0. The van der Waals surface area contributed by atoms with Crippen molar-refractivity contribution in [3.8, 4) is 0 Å². The minimum absolute atomic E-state index is 1.16. The lowest BCUT2D eigenvalue weighted by Gasteiger charge is -1.93. The fraction of sp³-hybridized carbons (Fsp3) is 0.429. The Hall–Kier alpha value is -1.04. The summed E-state index contributed by atoms with van der Waals surface area (Å²) in [6, 6.07) is 0. The molecule has 0 N–H and O–H groups in total. The van der Waals surface area contributed by atoms with Crippen LogP contribution in [0.5, 0.6) is 0 Å². The van der Waals surface area contributed by atoms with E-state index in [1.807, 2.05) is 0 Å². The van der Waals surface area contributed by atoms with Crippen molar-refractivity contribution in [1.82, 2.24) is 0 Å². The molecular formula is C14H20. The highest BCUT2D eigenvalue weighted by molar-refractivity contribution is 5.11. The summed E-state index contributed by atoms with van der Waals surface area (Å²) < 4.78 is 0. The molecule has 0 spiro atoms. The van der Waals surface area contributed by atoms with Crippen molar-refractivity contribution in [3.05, 3.63) is 48.6 Å². The van der Waals surface area contributed by atoms with Crippen molar-refractivity contribution in [1.29, 1.82) is 0 Å². The molecule has 14 heavy (non-hydrogen) atoms. The van der Waals surface area contributed by atoms with Gasteiger partial charge in [-0.2, -0.15) is 0 Å². The molecule has 76 valence electrons. The zero-order chi connectivity index (χ0) is 9.90. The van der Waals surface area contributed by atoms with Gasteiger partial charge in [0.2, 0.25) is 0 Å². The largest absolute Gasteiger partial charge is 0.0885 e. The van der Waals surface area contributed by atoms with Gasteiger partial charge in [-0.05, 0) is 38.5 Å². The molecule has 1 aliphatic rings. The van der Waals surface area contributed by atoms with Crippen LogP contribution in [0.1, 0.15) is 38.5 Å². The van der Waals surface area contributed by atoms with E-state index in [-0.39, 0.29) is 0 Å². The first-order chi connectivity index (χ1) is 7.00. The molecule has 0 aromatic rings. The maximum atomic E-state index is 2.32. The molecule has 0 saturated carbocycles. The van der Waals surface area contributed by atoms with Crippen LogP contribution < -0.4 is 0 Å². The third-order valence-electron chi connectivity index (χ3n) is 2.26. The summed E-state index contributed by atoms with van der Waals surface area (Å²) in [6.07, 6.45) is 25.0. The number of allylic oxidation sites excluding steroid dienone is 8. The highest BCUT2D eigenvalue weighted by Gasteiger charge is 1.83. The van der Waals surface area contributed by atoms with Gasteiger partial charge in [-0.3, -0.25) is 0 Å². The normalized spacial score (nSPS) is 24.0. The summed E-state index contributed by atoms with van der Waals surface area (Å²) >= 11 is 0. The summed E-state index contributed by atoms with van der Waals surface area (Å²) in [7, 11) is 0. The molecule has 0 unspecified atom stereocenters. The molecule has 0 aliphatic heterocycles. The van der Waals surface area contributed by atoms with Gasteiger partial charge in [0.05, 0.1) is 0 Å². The molecule has 0 radical (unpaired) electrons. The molecule has 1 rings (SSSR count). The Morgan fingerprint density at radius 1 is 0.429 bits per heavy atom. The van der Waals surface area contributed by atoms with Crippen LogP contribution in [0.2, 0.25) is 0 Å². The Labute approximate surface area is 87.7 Å². The molecule has 0 bridgehead atoms. The zero-order valence-corrected chi connectivity index (χ0v) is 8.86. The van der Waals surface area contributed by atoms with Crippen LogP contribution >= 0.6 is 0 Å². The third kappa shape index (κ3) is 6.47. The van der Waals surface area contributed by atoms with Gasteiger partial charge in [-0.25, -0.2) is 0 Å². The van der Waals surface area contributed by atoms with Crippen LogP contribution in [0.15, 0.2) is 48.6 Å². The Morgan fingerprint density at radius 3 is 1.71 bits per heavy atom. The van der Waals surface area contributed by atoms with Gasteiger partial charge in [-0.15, -0.1) is 0 Å². The molecule has 0 aromatic carbocycles. The topological polar surface area (TPSA) is 0 Å². The fourth-order valence-corrected chi connectivity index (χ4v) is 1.43. The molecule has 0 heteroatoms. The van der Waals surface area contributed by atoms with E-state index in [0.717, 1.165) is 6.42 Å². The average Bonchev–Trinajstić information content (AvgIpc) is 2.22. The van der Waals surface area contributed by atoms with Gasteiger partial charge < -0.3 is 0 Å². The van der Waals surface area contributed by atoms with Crippen LogP contribution in [0.4, 0.5) is 0 Å². The average molecular weight is 188 g/mol. The number of hydrogen-bond donors (Lipinski definition) is 0. The minimum atomic E-state index is 1.16. The molecule has 0 heterocycles. The summed E-state index contributed by atoms with van der Waals surface area (Å²) in [5.74, 6) is 0. The third-order valence-corrected chi connectivity index (χ3v) is 2.26. The first-order valence-corrected chi connectivity index (χ1v) is 5.63. The van der Waals surface area contributed by atoms with Crippen molar-refractivity contribution in [2.45, 2.75) is 38.5 Å². The highest BCUT2D eigenvalue weighted by Crippen LogP contribution is 2.03. The summed E-state index contributed by atoms with van der Waals surface area (Å²) in [5, 5.41) is 0. The Balaban J connectivity index is 2.35. The minimum Gasteiger partial charge on any atom is -0.0885 e. The molecule has 0 fully saturated rings. The van der Waals surface area contributed by atoms with E-state index in [1.165, 1.54) is 32.1 Å². The lowest BCUT2D eigenvalue weighted by Crippen LogP contribution is -1.73. The molecule has 0 nitrogen and oxygen atoms in total. The van der Waals surface area contributed by atoms with Crippen molar-refractivity contribution >= 4 is 0 Å². The smallest absolute Gasteiger partial charge is 0.0313 e. The van der Waals surface area contributed by atoms with E-state index in [9.17, 15) is 0 Å². The van der Waals surface area contributed by atoms with Crippen LogP contribution in [0.25, 0.3) is 0 Å². The second-order valence-corrected chi connectivity index (χ2v) is 3.57. The van der Waals surface area contributed by atoms with Crippen LogP contribution in [0.3, 0.4) is 0 Å². The molecule has 0 saturated heterocycles. The molecule has 0 aromatic heterocycles. The maximum absolute atomic E-state index is 2.32. The molecule has 0 amide bonds. The van der Waals surface area contributed by atoms with E-state index in [1.54, 1.807) is 0 Å². The van der Waals surface area contributed by atoms with E-state index in [2.05, 4.69) is 48.6 Å². The van der Waals surface area contributed by atoms with E-state index in [4.69, 9.17) is 0 Å². The van der Waals surface area contributed by atoms with Crippen LogP contribution in [-0.2, 0) is 0 Å². The predicted octanol–water partition coefficient (Wildman–Crippen LogP) is 4.57. The van der Waals surface area contributed by atoms with E-state index in [0.29, 0.717) is 0 Å². The van der Waals surface area contributed by atoms with Crippen molar-refractivity contribution in [2.75, 3.05) is 0 Å². The van der Waals surface area contributed by atoms with E-state index < -0.39 is 0 Å². The quantitative estimate of drug-likeness (QED) is 0.489. The molecule has 1 aliphatic carbocycles. The Kier molecular flexibility index (Phi) is 6.74. The van der Waals surface area contributed by atoms with Gasteiger partial charge in [0, 0.05) is 0 Å². The monoisotopic (exact) mass is 188 g/mol. The second-order valence-electron chi connectivity index (χ2n) is 3.57. The Morgan fingerprint density at radius 2 is 0.929 bits per heavy atom. The molecular weight excluding hydrogens is 168 g/mol. The van der Waals surface area contributed by atoms with Gasteiger partial charge in [0.15, 0.2) is 0 Å². The SMILES string of the molecule is C1=CCCC=CCCCC/C=C/C=C/1. The lowest BCUT2D eigenvalue weighted by atomic mass is 10.1. The van der Waals surface area contributed by atoms with Crippen molar-refractivity contribution in [2.24, 2.45) is 0 Å². The van der Waals surface area contributed by atoms with Crippen LogP contribution in [-0.4, -0.2) is 0 Å². The highest BCUT2D eigenvalue weighted by atomic mass is 13.9. The van der Waals surface area contributed by atoms with Crippen molar-refractivity contribution < 1.29 is 0 Å². The van der Waals surface area contributed by atoms with Crippen molar-refractivity contribution in [3.63, 3.8) is 0 Å². The fourth-order valence-electron chi connectivity index (χ4n) is 1.43. The maximum Gasteiger partial charge on any atom is -0.0313 e. The van der Waals surface area contributed by atoms with Crippen LogP contribution in [0, 0.1) is 0 Å². The number of rotatable bonds is 0. The standard InChI is InChI=1S/C14H20/c1-2-4-6-8-10-12-14-13-11-9-7-5-3-1/h1-6,11,13H,7-10,12,14H2/b2-1+,5-3?,6-4+,13-11?. The summed E-state index contributed by atoms with van der Waals surface area (Å²) in [4.78, 5) is 0. The zero-order valence-electron chi connectivity index (χ0n) is 8.86. The van der Waals surface area contributed by atoms with E-state index >= 15 is 0 Å². The predicted molar refractivity (Wildman–Crippen MR) is 64.3 cm³/mol. The van der Waals surface area contributed by atoms with Gasteiger partial charge in [-0.1, -0.05) is 48.6 Å². The Bertz CT molecular complexity index is 228. The second kappa shape index (κ2) is 8.55. The summed E-state index contributed by atoms with van der Waals surface area (Å²) in [6.45, 7) is 0. The first-order valence-electron chi connectivity index (χ1n) is 5.63. The summed E-state index contributed by atoms with van der Waals surface area (Å²) in [5.41, 5.74) is 0. The van der Waals surface area contributed by atoms with Gasteiger partial charge >= 0.3 is 0 Å². The first kappa shape index (κ1) is 11.0.